The van der Waals surface area contributed by atoms with E-state index in [4.69, 9.17) is 9.31 Å². The fourth-order valence-electron chi connectivity index (χ4n) is 2.00. The third-order valence-corrected chi connectivity index (χ3v) is 3.76. The molecule has 2 aromatic rings. The zero-order valence-electron chi connectivity index (χ0n) is 9.46. The lowest BCUT2D eigenvalue weighted by Gasteiger charge is -2.19. The largest absolute Gasteiger partial charge is 0.505 e. The van der Waals surface area contributed by atoms with E-state index in [1.54, 1.807) is 11.3 Å². The van der Waals surface area contributed by atoms with Crippen molar-refractivity contribution in [3.63, 3.8) is 0 Å². The van der Waals surface area contributed by atoms with Gasteiger partial charge in [-0.05, 0) is 29.0 Å². The van der Waals surface area contributed by atoms with Gasteiger partial charge in [-0.1, -0.05) is 30.3 Å². The van der Waals surface area contributed by atoms with E-state index >= 15 is 0 Å². The van der Waals surface area contributed by atoms with Crippen molar-refractivity contribution in [3.05, 3.63) is 41.8 Å². The maximum absolute atomic E-state index is 5.67. The Morgan fingerprint density at radius 2 is 1.76 bits per heavy atom. The summed E-state index contributed by atoms with van der Waals surface area (Å²) in [5, 5.41) is 2.10. The van der Waals surface area contributed by atoms with Crippen molar-refractivity contribution in [1.29, 1.82) is 0 Å². The van der Waals surface area contributed by atoms with Crippen LogP contribution >= 0.6 is 11.3 Å². The molecule has 0 spiro atoms. The predicted octanol–water partition coefficient (Wildman–Crippen LogP) is 2.55. The minimum absolute atomic E-state index is 0.182. The van der Waals surface area contributed by atoms with Crippen LogP contribution < -0.4 is 4.78 Å². The summed E-state index contributed by atoms with van der Waals surface area (Å²) in [5.74, 6) is 0. The Hall–Kier alpha value is -1.10. The third kappa shape index (κ3) is 2.29. The average Bonchev–Trinajstić information content (AvgIpc) is 2.90. The molecule has 1 fully saturated rings. The van der Waals surface area contributed by atoms with Crippen LogP contribution in [0.3, 0.4) is 0 Å². The molecule has 0 aliphatic carbocycles. The van der Waals surface area contributed by atoms with Crippen LogP contribution in [0, 0.1) is 0 Å². The molecule has 2 nitrogen and oxygen atoms in total. The Balaban J connectivity index is 1.93. The van der Waals surface area contributed by atoms with E-state index in [0.29, 0.717) is 0 Å². The second kappa shape index (κ2) is 5.04. The minimum Gasteiger partial charge on any atom is -0.407 e. The highest BCUT2D eigenvalue weighted by Gasteiger charge is 2.28. The minimum atomic E-state index is -0.182. The van der Waals surface area contributed by atoms with Crippen molar-refractivity contribution in [2.45, 2.75) is 6.42 Å². The maximum Gasteiger partial charge on any atom is 0.505 e. The van der Waals surface area contributed by atoms with Crippen LogP contribution in [-0.2, 0) is 9.31 Å². The number of rotatable bonds is 2. The van der Waals surface area contributed by atoms with Gasteiger partial charge in [0.25, 0.3) is 0 Å². The molecule has 86 valence electrons. The Kier molecular flexibility index (Phi) is 3.27. The molecule has 4 heteroatoms. The van der Waals surface area contributed by atoms with Gasteiger partial charge in [-0.3, -0.25) is 0 Å². The number of hydrogen-bond acceptors (Lipinski definition) is 3. The fourth-order valence-corrected chi connectivity index (χ4v) is 2.91. The molecular formula is C13H13BO2S. The lowest BCUT2D eigenvalue weighted by Crippen LogP contribution is -2.40. The first-order valence-corrected chi connectivity index (χ1v) is 6.69. The highest BCUT2D eigenvalue weighted by Crippen LogP contribution is 2.21. The lowest BCUT2D eigenvalue weighted by molar-refractivity contribution is 0.144. The summed E-state index contributed by atoms with van der Waals surface area (Å²) in [6, 6.07) is 12.5. The molecule has 3 rings (SSSR count). The van der Waals surface area contributed by atoms with E-state index in [0.717, 1.165) is 19.6 Å². The zero-order valence-corrected chi connectivity index (χ0v) is 10.3. The SMILES string of the molecule is c1ccc(-c2ccsc2B2OCCCO2)cc1. The van der Waals surface area contributed by atoms with E-state index in [1.165, 1.54) is 15.9 Å². The van der Waals surface area contributed by atoms with Crippen molar-refractivity contribution in [2.75, 3.05) is 13.2 Å². The number of hydrogen-bond donors (Lipinski definition) is 0. The van der Waals surface area contributed by atoms with Crippen molar-refractivity contribution < 1.29 is 9.31 Å². The summed E-state index contributed by atoms with van der Waals surface area (Å²) in [6.07, 6.45) is 0.989. The molecule has 0 amide bonds. The number of thiophene rings is 1. The van der Waals surface area contributed by atoms with Crippen LogP contribution in [0.1, 0.15) is 6.42 Å². The summed E-state index contributed by atoms with van der Waals surface area (Å²) < 4.78 is 12.5. The number of benzene rings is 1. The third-order valence-electron chi connectivity index (χ3n) is 2.82. The Bertz CT molecular complexity index is 477. The first kappa shape index (κ1) is 11.0. The maximum atomic E-state index is 5.67. The van der Waals surface area contributed by atoms with E-state index in [-0.39, 0.29) is 7.12 Å². The van der Waals surface area contributed by atoms with Crippen LogP contribution in [-0.4, -0.2) is 20.3 Å². The molecule has 1 saturated heterocycles. The van der Waals surface area contributed by atoms with E-state index < -0.39 is 0 Å². The van der Waals surface area contributed by atoms with Crippen LogP contribution in [0.2, 0.25) is 0 Å². The molecule has 17 heavy (non-hydrogen) atoms. The first-order valence-electron chi connectivity index (χ1n) is 5.81. The van der Waals surface area contributed by atoms with Crippen LogP contribution in [0.15, 0.2) is 41.8 Å². The van der Waals surface area contributed by atoms with E-state index in [1.807, 2.05) is 6.07 Å². The van der Waals surface area contributed by atoms with Crippen LogP contribution in [0.25, 0.3) is 11.1 Å². The molecule has 0 unspecified atom stereocenters. The molecule has 1 aliphatic rings. The Morgan fingerprint density at radius 3 is 2.53 bits per heavy atom. The standard InChI is InChI=1S/C13H13BO2S/c1-2-5-11(6-3-1)12-7-10-17-13(12)14-15-8-4-9-16-14/h1-3,5-7,10H,4,8-9H2. The monoisotopic (exact) mass is 244 g/mol. The summed E-state index contributed by atoms with van der Waals surface area (Å²) in [5.41, 5.74) is 2.45. The molecule has 0 saturated carbocycles. The molecule has 0 bridgehead atoms. The molecule has 0 atom stereocenters. The van der Waals surface area contributed by atoms with E-state index in [2.05, 4.69) is 35.7 Å². The summed E-state index contributed by atoms with van der Waals surface area (Å²) >= 11 is 1.70. The molecule has 1 aliphatic heterocycles. The second-order valence-electron chi connectivity index (χ2n) is 3.99. The van der Waals surface area contributed by atoms with Gasteiger partial charge < -0.3 is 9.31 Å². The second-order valence-corrected chi connectivity index (χ2v) is 4.94. The van der Waals surface area contributed by atoms with Gasteiger partial charge in [0.1, 0.15) is 0 Å². The smallest absolute Gasteiger partial charge is 0.407 e. The van der Waals surface area contributed by atoms with Crippen LogP contribution in [0.5, 0.6) is 0 Å². The Morgan fingerprint density at radius 1 is 1.00 bits per heavy atom. The molecular weight excluding hydrogens is 231 g/mol. The fraction of sp³-hybridized carbons (Fsp3) is 0.231. The van der Waals surface area contributed by atoms with Gasteiger partial charge in [0.15, 0.2) is 0 Å². The van der Waals surface area contributed by atoms with Gasteiger partial charge in [-0.2, -0.15) is 11.3 Å². The van der Waals surface area contributed by atoms with Crippen LogP contribution in [0.4, 0.5) is 0 Å². The Labute approximate surface area is 105 Å². The van der Waals surface area contributed by atoms with Gasteiger partial charge in [0, 0.05) is 18.0 Å². The highest BCUT2D eigenvalue weighted by atomic mass is 32.1. The topological polar surface area (TPSA) is 18.5 Å². The average molecular weight is 244 g/mol. The van der Waals surface area contributed by atoms with Gasteiger partial charge in [0.05, 0.1) is 0 Å². The quantitative estimate of drug-likeness (QED) is 0.756. The molecule has 0 radical (unpaired) electrons. The summed E-state index contributed by atoms with van der Waals surface area (Å²) in [7, 11) is -0.182. The summed E-state index contributed by atoms with van der Waals surface area (Å²) in [4.78, 5) is 0. The molecule has 1 aromatic heterocycles. The first-order chi connectivity index (χ1) is 8.45. The normalized spacial score (nSPS) is 16.1. The van der Waals surface area contributed by atoms with E-state index in [9.17, 15) is 0 Å². The summed E-state index contributed by atoms with van der Waals surface area (Å²) in [6.45, 7) is 1.58. The van der Waals surface area contributed by atoms with Gasteiger partial charge in [0.2, 0.25) is 0 Å². The van der Waals surface area contributed by atoms with Crippen molar-refractivity contribution >= 4 is 23.2 Å². The van der Waals surface area contributed by atoms with Gasteiger partial charge >= 0.3 is 7.12 Å². The highest BCUT2D eigenvalue weighted by molar-refractivity contribution is 7.21. The van der Waals surface area contributed by atoms with Gasteiger partial charge in [-0.15, -0.1) is 0 Å². The van der Waals surface area contributed by atoms with Gasteiger partial charge in [-0.25, -0.2) is 0 Å². The molecule has 2 heterocycles. The van der Waals surface area contributed by atoms with Crippen molar-refractivity contribution in [2.24, 2.45) is 0 Å². The van der Waals surface area contributed by atoms with Crippen molar-refractivity contribution in [1.82, 2.24) is 0 Å². The molecule has 0 N–H and O–H groups in total. The lowest BCUT2D eigenvalue weighted by atomic mass is 9.82. The zero-order chi connectivity index (χ0) is 11.5. The predicted molar refractivity (Wildman–Crippen MR) is 71.7 cm³/mol. The molecule has 1 aromatic carbocycles. The van der Waals surface area contributed by atoms with Crippen molar-refractivity contribution in [3.8, 4) is 11.1 Å².